The third kappa shape index (κ3) is 6.45. The Morgan fingerprint density at radius 2 is 2.03 bits per heavy atom. The molecule has 1 saturated heterocycles. The van der Waals surface area contributed by atoms with Gasteiger partial charge in [0.2, 0.25) is 11.8 Å². The van der Waals surface area contributed by atoms with Crippen LogP contribution in [0.1, 0.15) is 40.0 Å². The highest BCUT2D eigenvalue weighted by molar-refractivity contribution is 8.01. The molecule has 2 fully saturated rings. The Labute approximate surface area is 209 Å². The molecule has 0 aromatic heterocycles. The minimum atomic E-state index is -1.52. The van der Waals surface area contributed by atoms with E-state index in [0.29, 0.717) is 30.8 Å². The van der Waals surface area contributed by atoms with Crippen molar-refractivity contribution < 1.29 is 24.6 Å². The van der Waals surface area contributed by atoms with Crippen LogP contribution in [0.4, 0.5) is 11.4 Å². The molecule has 3 amide bonds. The fourth-order valence-corrected chi connectivity index (χ4v) is 5.68. The maximum Gasteiger partial charge on any atom is 0.255 e. The number of amides is 3. The number of nitrogens with one attached hydrogen (secondary N) is 3. The van der Waals surface area contributed by atoms with E-state index in [1.54, 1.807) is 29.2 Å². The van der Waals surface area contributed by atoms with Gasteiger partial charge in [0, 0.05) is 24.5 Å². The van der Waals surface area contributed by atoms with Crippen molar-refractivity contribution in [2.75, 3.05) is 23.7 Å². The Balaban J connectivity index is 1.64. The SMILES string of the molecule is CCN1C(=O)C(CNc2cccc(NC(=O)C(C)(C)O)c2)SC1C(C#N)C(=O)N[C@H]1CCC[C@@H]1O. The summed E-state index contributed by atoms with van der Waals surface area (Å²) in [4.78, 5) is 39.5. The van der Waals surface area contributed by atoms with Crippen molar-refractivity contribution in [3.05, 3.63) is 24.3 Å². The second-order valence-electron chi connectivity index (χ2n) is 9.33. The maximum atomic E-state index is 13.0. The Morgan fingerprint density at radius 1 is 1.31 bits per heavy atom. The molecule has 0 spiro atoms. The van der Waals surface area contributed by atoms with Crippen LogP contribution in [0.25, 0.3) is 0 Å². The molecule has 5 atom stereocenters. The van der Waals surface area contributed by atoms with Crippen LogP contribution in [0.3, 0.4) is 0 Å². The van der Waals surface area contributed by atoms with E-state index in [4.69, 9.17) is 0 Å². The van der Waals surface area contributed by atoms with Crippen LogP contribution in [-0.4, -0.2) is 74.3 Å². The second-order valence-corrected chi connectivity index (χ2v) is 10.7. The van der Waals surface area contributed by atoms with E-state index in [1.165, 1.54) is 25.6 Å². The zero-order valence-corrected chi connectivity index (χ0v) is 21.0. The number of hydrogen-bond acceptors (Lipinski definition) is 8. The zero-order valence-electron chi connectivity index (χ0n) is 20.2. The summed E-state index contributed by atoms with van der Waals surface area (Å²) in [6, 6.07) is 8.61. The van der Waals surface area contributed by atoms with E-state index in [-0.39, 0.29) is 18.5 Å². The van der Waals surface area contributed by atoms with Crippen molar-refractivity contribution in [2.45, 2.75) is 68.4 Å². The van der Waals surface area contributed by atoms with E-state index in [9.17, 15) is 29.9 Å². The molecule has 1 aromatic rings. The normalized spacial score (nSPS) is 25.1. The fraction of sp³-hybridized carbons (Fsp3) is 0.583. The summed E-state index contributed by atoms with van der Waals surface area (Å²) in [6.45, 7) is 5.23. The Morgan fingerprint density at radius 3 is 2.63 bits per heavy atom. The molecule has 0 radical (unpaired) electrons. The highest BCUT2D eigenvalue weighted by Gasteiger charge is 2.46. The average molecular weight is 504 g/mol. The Hall–Kier alpha value is -2.81. The third-order valence-corrected chi connectivity index (χ3v) is 7.69. The number of hydrogen-bond donors (Lipinski definition) is 5. The van der Waals surface area contributed by atoms with Crippen LogP contribution in [0.15, 0.2) is 24.3 Å². The lowest BCUT2D eigenvalue weighted by Crippen LogP contribution is -2.48. The summed E-state index contributed by atoms with van der Waals surface area (Å²) in [6.07, 6.45) is 1.49. The van der Waals surface area contributed by atoms with Crippen molar-refractivity contribution in [1.29, 1.82) is 5.26 Å². The van der Waals surface area contributed by atoms with Gasteiger partial charge in [0.1, 0.15) is 16.2 Å². The zero-order chi connectivity index (χ0) is 25.8. The number of aliphatic hydroxyl groups excluding tert-OH is 1. The molecule has 3 rings (SSSR count). The van der Waals surface area contributed by atoms with Gasteiger partial charge >= 0.3 is 0 Å². The third-order valence-electron chi connectivity index (χ3n) is 6.19. The number of carbonyl (C=O) groups excluding carboxylic acids is 3. The molecule has 2 aliphatic rings. The molecule has 1 heterocycles. The van der Waals surface area contributed by atoms with Crippen LogP contribution in [0.5, 0.6) is 0 Å². The number of thioether (sulfide) groups is 1. The highest BCUT2D eigenvalue weighted by atomic mass is 32.2. The van der Waals surface area contributed by atoms with Crippen LogP contribution in [0, 0.1) is 17.2 Å². The first-order valence-corrected chi connectivity index (χ1v) is 12.7. The van der Waals surface area contributed by atoms with E-state index in [0.717, 1.165) is 6.42 Å². The average Bonchev–Trinajstić information content (AvgIpc) is 3.34. The molecule has 5 N–H and O–H groups in total. The lowest BCUT2D eigenvalue weighted by molar-refractivity contribution is -0.132. The van der Waals surface area contributed by atoms with E-state index >= 15 is 0 Å². The Bertz CT molecular complexity index is 991. The van der Waals surface area contributed by atoms with Crippen LogP contribution >= 0.6 is 11.8 Å². The summed E-state index contributed by atoms with van der Waals surface area (Å²) in [5, 5.41) is 37.1. The fourth-order valence-electron chi connectivity index (χ4n) is 4.17. The molecule has 1 aromatic carbocycles. The van der Waals surface area contributed by atoms with Crippen molar-refractivity contribution in [1.82, 2.24) is 10.2 Å². The molecule has 1 saturated carbocycles. The largest absolute Gasteiger partial charge is 0.391 e. The van der Waals surface area contributed by atoms with Crippen LogP contribution in [0.2, 0.25) is 0 Å². The maximum absolute atomic E-state index is 13.0. The van der Waals surface area contributed by atoms with Gasteiger partial charge in [-0.2, -0.15) is 5.26 Å². The molecule has 11 heteroatoms. The predicted molar refractivity (Wildman–Crippen MR) is 133 cm³/mol. The number of rotatable bonds is 9. The van der Waals surface area contributed by atoms with Gasteiger partial charge < -0.3 is 31.1 Å². The van der Waals surface area contributed by atoms with Crippen molar-refractivity contribution in [2.24, 2.45) is 5.92 Å². The monoisotopic (exact) mass is 503 g/mol. The topological polar surface area (TPSA) is 155 Å². The molecule has 1 aliphatic carbocycles. The quantitative estimate of drug-likeness (QED) is 0.337. The molecule has 1 aliphatic heterocycles. The molecule has 10 nitrogen and oxygen atoms in total. The molecule has 35 heavy (non-hydrogen) atoms. The van der Waals surface area contributed by atoms with Gasteiger partial charge in [-0.15, -0.1) is 11.8 Å². The van der Waals surface area contributed by atoms with Gasteiger partial charge in [-0.25, -0.2) is 0 Å². The molecule has 0 bridgehead atoms. The van der Waals surface area contributed by atoms with E-state index in [1.807, 2.05) is 6.92 Å². The number of carbonyl (C=O) groups is 3. The summed E-state index contributed by atoms with van der Waals surface area (Å²) in [7, 11) is 0. The van der Waals surface area contributed by atoms with Crippen LogP contribution < -0.4 is 16.0 Å². The lowest BCUT2D eigenvalue weighted by Gasteiger charge is -2.26. The number of nitriles is 1. The van der Waals surface area contributed by atoms with Gasteiger partial charge in [0.25, 0.3) is 5.91 Å². The molecule has 190 valence electrons. The minimum absolute atomic E-state index is 0.157. The molecule has 3 unspecified atom stereocenters. The predicted octanol–water partition coefficient (Wildman–Crippen LogP) is 1.27. The van der Waals surface area contributed by atoms with Gasteiger partial charge in [-0.1, -0.05) is 6.07 Å². The summed E-state index contributed by atoms with van der Waals surface area (Å²) < 4.78 is 0. The van der Waals surface area contributed by atoms with Crippen LogP contribution in [-0.2, 0) is 14.4 Å². The first kappa shape index (κ1) is 26.8. The second kappa shape index (κ2) is 11.3. The van der Waals surface area contributed by atoms with Gasteiger partial charge in [0.15, 0.2) is 5.92 Å². The lowest BCUT2D eigenvalue weighted by atomic mass is 10.1. The number of anilines is 2. The molecular formula is C24H33N5O5S. The van der Waals surface area contributed by atoms with Crippen molar-refractivity contribution >= 4 is 40.9 Å². The standard InChI is InChI=1S/C24H33N5O5S/c1-4-29-21(32)19(13-26-14-7-5-8-15(11-14)27-23(33)24(2,3)34)35-22(29)16(12-25)20(31)28-17-9-6-10-18(17)30/h5,7-8,11,16-19,22,26,30,34H,4,6,9-10,13H2,1-3H3,(H,27,33)(H,28,31)/t16?,17-,18-,19?,22?/m0/s1. The number of benzene rings is 1. The van der Waals surface area contributed by atoms with E-state index in [2.05, 4.69) is 22.0 Å². The number of aliphatic hydroxyl groups is 2. The number of nitrogens with zero attached hydrogens (tertiary/aromatic N) is 2. The Kier molecular flexibility index (Phi) is 8.64. The summed E-state index contributed by atoms with van der Waals surface area (Å²) in [5.41, 5.74) is -0.354. The van der Waals surface area contributed by atoms with E-state index < -0.39 is 40.1 Å². The highest BCUT2D eigenvalue weighted by Crippen LogP contribution is 2.36. The molecular weight excluding hydrogens is 470 g/mol. The van der Waals surface area contributed by atoms with Crippen molar-refractivity contribution in [3.8, 4) is 6.07 Å². The minimum Gasteiger partial charge on any atom is -0.391 e. The van der Waals surface area contributed by atoms with Gasteiger partial charge in [-0.05, 0) is 58.2 Å². The van der Waals surface area contributed by atoms with Gasteiger partial charge in [-0.3, -0.25) is 14.4 Å². The smallest absolute Gasteiger partial charge is 0.255 e. The first-order valence-electron chi connectivity index (χ1n) is 11.8. The van der Waals surface area contributed by atoms with Gasteiger partial charge in [0.05, 0.1) is 18.2 Å². The van der Waals surface area contributed by atoms with Crippen molar-refractivity contribution in [3.63, 3.8) is 0 Å². The summed E-state index contributed by atoms with van der Waals surface area (Å²) in [5.74, 6) is -2.22. The summed E-state index contributed by atoms with van der Waals surface area (Å²) >= 11 is 1.27. The first-order chi connectivity index (χ1) is 16.5.